The fourth-order valence-electron chi connectivity index (χ4n) is 2.32. The molecule has 0 radical (unpaired) electrons. The van der Waals surface area contributed by atoms with Gasteiger partial charge in [-0.05, 0) is 23.8 Å². The quantitative estimate of drug-likeness (QED) is 0.557. The van der Waals surface area contributed by atoms with Crippen molar-refractivity contribution in [2.24, 2.45) is 0 Å². The number of benzene rings is 2. The standard InChI is InChI=1S/C16H16NO2.ClHO4/c1-17(2)15-10-8-11-7-9-13(18-3)12-5-4-6-14(19-15)16(11)12;2-1(3,4)5/h4-10H,1-3H3;(H,2,3,4,5)/q+1;/p-1. The van der Waals surface area contributed by atoms with Gasteiger partial charge in [0.05, 0.1) is 13.2 Å². The minimum atomic E-state index is -4.94. The minimum absolute atomic E-state index is 0.822. The minimum Gasteiger partial charge on any atom is -0.496 e. The highest BCUT2D eigenvalue weighted by molar-refractivity contribution is 6.04. The molecule has 2 aromatic rings. The molecule has 128 valence electrons. The maximum atomic E-state index is 8.49. The Hall–Kier alpha value is -2.16. The Morgan fingerprint density at radius 3 is 2.25 bits per heavy atom. The number of rotatable bonds is 1. The number of hydrogen-bond donors (Lipinski definition) is 0. The molecule has 1 aliphatic heterocycles. The Kier molecular flexibility index (Phi) is 5.43. The van der Waals surface area contributed by atoms with Crippen LogP contribution in [0.25, 0.3) is 16.8 Å². The predicted octanol–water partition coefficient (Wildman–Crippen LogP) is -1.83. The van der Waals surface area contributed by atoms with Crippen LogP contribution in [0.15, 0.2) is 36.4 Å². The summed E-state index contributed by atoms with van der Waals surface area (Å²) in [6.07, 6.45) is 4.06. The van der Waals surface area contributed by atoms with E-state index in [9.17, 15) is 0 Å². The zero-order valence-electron chi connectivity index (χ0n) is 13.3. The molecule has 7 nitrogen and oxygen atoms in total. The van der Waals surface area contributed by atoms with Crippen molar-refractivity contribution in [1.82, 2.24) is 0 Å². The zero-order valence-corrected chi connectivity index (χ0v) is 14.1. The van der Waals surface area contributed by atoms with Gasteiger partial charge in [-0.1, -0.05) is 18.2 Å². The van der Waals surface area contributed by atoms with Gasteiger partial charge in [-0.25, -0.2) is 23.2 Å². The van der Waals surface area contributed by atoms with E-state index >= 15 is 0 Å². The van der Waals surface area contributed by atoms with Gasteiger partial charge in [0.2, 0.25) is 0 Å². The van der Waals surface area contributed by atoms with Gasteiger partial charge in [0.15, 0.2) is 0 Å². The van der Waals surface area contributed by atoms with Gasteiger partial charge in [0.25, 0.3) is 0 Å². The second-order valence-electron chi connectivity index (χ2n) is 5.08. The maximum absolute atomic E-state index is 8.49. The third-order valence-electron chi connectivity index (χ3n) is 3.28. The smallest absolute Gasteiger partial charge is 0.367 e. The van der Waals surface area contributed by atoms with Gasteiger partial charge < -0.3 is 9.47 Å². The van der Waals surface area contributed by atoms with Crippen molar-refractivity contribution in [2.45, 2.75) is 0 Å². The van der Waals surface area contributed by atoms with Gasteiger partial charge in [-0.15, -0.1) is 10.2 Å². The van der Waals surface area contributed by atoms with E-state index in [-0.39, 0.29) is 0 Å². The topological polar surface area (TPSA) is 114 Å². The molecule has 0 aliphatic carbocycles. The lowest BCUT2D eigenvalue weighted by Crippen LogP contribution is -2.68. The highest BCUT2D eigenvalue weighted by Gasteiger charge is 2.17. The van der Waals surface area contributed by atoms with Crippen LogP contribution in [0.4, 0.5) is 0 Å². The molecule has 0 amide bonds. The Balaban J connectivity index is 0.000000368. The van der Waals surface area contributed by atoms with Gasteiger partial charge >= 0.3 is 5.90 Å². The normalized spacial score (nSPS) is 12.9. The van der Waals surface area contributed by atoms with Crippen LogP contribution in [0.2, 0.25) is 0 Å². The molecular weight excluding hydrogens is 338 g/mol. The lowest BCUT2D eigenvalue weighted by Gasteiger charge is -2.17. The van der Waals surface area contributed by atoms with Crippen LogP contribution >= 0.6 is 0 Å². The number of hydrogen-bond acceptors (Lipinski definition) is 6. The second-order valence-corrected chi connectivity index (χ2v) is 5.84. The van der Waals surface area contributed by atoms with Crippen molar-refractivity contribution in [1.29, 1.82) is 0 Å². The van der Waals surface area contributed by atoms with Gasteiger partial charge in [-0.3, -0.25) is 0 Å². The van der Waals surface area contributed by atoms with E-state index in [0.29, 0.717) is 0 Å². The van der Waals surface area contributed by atoms with Crippen LogP contribution in [0.1, 0.15) is 5.56 Å². The van der Waals surface area contributed by atoms with Crippen molar-refractivity contribution in [3.05, 3.63) is 42.0 Å². The molecule has 0 unspecified atom stereocenters. The number of nitrogens with zero attached hydrogens (tertiary/aromatic N) is 1. The van der Waals surface area contributed by atoms with Crippen molar-refractivity contribution < 1.29 is 42.9 Å². The lowest BCUT2D eigenvalue weighted by atomic mass is 10.0. The van der Waals surface area contributed by atoms with Crippen molar-refractivity contribution >= 4 is 22.7 Å². The van der Waals surface area contributed by atoms with E-state index < -0.39 is 10.2 Å². The molecule has 24 heavy (non-hydrogen) atoms. The summed E-state index contributed by atoms with van der Waals surface area (Å²) in [6, 6.07) is 10.1. The number of ether oxygens (including phenoxy) is 2. The SMILES string of the molecule is COc1ccc2c3c(cccc13)OC(=[N+](C)C)C=C2.[O-][Cl+3]([O-])([O-])[O-]. The summed E-state index contributed by atoms with van der Waals surface area (Å²) in [5.74, 6) is 2.55. The Morgan fingerprint density at radius 2 is 1.67 bits per heavy atom. The predicted molar refractivity (Wildman–Crippen MR) is 77.3 cm³/mol. The van der Waals surface area contributed by atoms with Crippen molar-refractivity contribution in [3.8, 4) is 11.5 Å². The first-order chi connectivity index (χ1) is 11.2. The number of methoxy groups -OCH3 is 1. The molecule has 1 aliphatic rings. The summed E-state index contributed by atoms with van der Waals surface area (Å²) in [6.45, 7) is 0. The third kappa shape index (κ3) is 4.44. The van der Waals surface area contributed by atoms with E-state index in [1.807, 2.05) is 42.9 Å². The first-order valence-corrected chi connectivity index (χ1v) is 8.06. The average molecular weight is 354 g/mol. The maximum Gasteiger partial charge on any atom is 0.367 e. The van der Waals surface area contributed by atoms with Crippen LogP contribution in [-0.4, -0.2) is 31.7 Å². The molecule has 3 rings (SSSR count). The van der Waals surface area contributed by atoms with E-state index in [4.69, 9.17) is 28.1 Å². The fraction of sp³-hybridized carbons (Fsp3) is 0.188. The molecule has 1 heterocycles. The Morgan fingerprint density at radius 1 is 1.00 bits per heavy atom. The van der Waals surface area contributed by atoms with E-state index in [1.165, 1.54) is 0 Å². The monoisotopic (exact) mass is 353 g/mol. The zero-order chi connectivity index (χ0) is 17.9. The molecular formula is C16H16ClNO6. The molecule has 0 bridgehead atoms. The summed E-state index contributed by atoms with van der Waals surface area (Å²) in [4.78, 5) is 0. The lowest BCUT2D eigenvalue weighted by molar-refractivity contribution is -2.00. The molecule has 0 N–H and O–H groups in total. The van der Waals surface area contributed by atoms with Gasteiger partial charge in [-0.2, -0.15) is 0 Å². The first-order valence-electron chi connectivity index (χ1n) is 6.82. The van der Waals surface area contributed by atoms with Crippen molar-refractivity contribution in [2.75, 3.05) is 21.2 Å². The molecule has 0 spiro atoms. The largest absolute Gasteiger partial charge is 0.496 e. The molecule has 0 saturated carbocycles. The summed E-state index contributed by atoms with van der Waals surface area (Å²) in [5.41, 5.74) is 1.14. The van der Waals surface area contributed by atoms with E-state index in [2.05, 4.69) is 18.2 Å². The molecule has 8 heteroatoms. The van der Waals surface area contributed by atoms with Gasteiger partial charge in [0, 0.05) is 10.8 Å². The molecule has 2 aromatic carbocycles. The van der Waals surface area contributed by atoms with Crippen LogP contribution in [0.3, 0.4) is 0 Å². The molecule has 0 fully saturated rings. The Bertz CT molecular complexity index is 800. The summed E-state index contributed by atoms with van der Waals surface area (Å²) in [7, 11) is 0.682. The highest BCUT2D eigenvalue weighted by Crippen LogP contribution is 2.36. The average Bonchev–Trinajstić information content (AvgIpc) is 2.67. The van der Waals surface area contributed by atoms with E-state index in [0.717, 1.165) is 33.7 Å². The molecule has 0 atom stereocenters. The summed E-state index contributed by atoms with van der Waals surface area (Å²) >= 11 is 0. The first kappa shape index (κ1) is 18.2. The summed E-state index contributed by atoms with van der Waals surface area (Å²) < 4.78 is 47.3. The fourth-order valence-corrected chi connectivity index (χ4v) is 2.32. The van der Waals surface area contributed by atoms with Crippen molar-refractivity contribution in [3.63, 3.8) is 0 Å². The Labute approximate surface area is 141 Å². The van der Waals surface area contributed by atoms with E-state index in [1.54, 1.807) is 7.11 Å². The van der Waals surface area contributed by atoms with Crippen LogP contribution in [-0.2, 0) is 0 Å². The van der Waals surface area contributed by atoms with Crippen LogP contribution < -0.4 is 28.1 Å². The number of halogens is 1. The molecule has 0 saturated heterocycles. The van der Waals surface area contributed by atoms with Crippen LogP contribution in [0, 0.1) is 10.2 Å². The second kappa shape index (κ2) is 7.16. The van der Waals surface area contributed by atoms with Crippen LogP contribution in [0.5, 0.6) is 11.5 Å². The highest BCUT2D eigenvalue weighted by atomic mass is 35.7. The third-order valence-corrected chi connectivity index (χ3v) is 3.28. The summed E-state index contributed by atoms with van der Waals surface area (Å²) in [5, 5.41) is 2.16. The molecule has 0 aromatic heterocycles. The van der Waals surface area contributed by atoms with Gasteiger partial charge in [0.1, 0.15) is 25.6 Å².